The SMILES string of the molecule is Nc1ccccc1-[n+]1coc([O-])[c]1[Hg][c]1c([O-])oc[n+]1-c1ccccc1N. The molecule has 0 bridgehead atoms. The van der Waals surface area contributed by atoms with Gasteiger partial charge in [0, 0.05) is 0 Å². The van der Waals surface area contributed by atoms with E-state index in [9.17, 15) is 10.2 Å². The molecule has 0 amide bonds. The number of rotatable bonds is 4. The van der Waals surface area contributed by atoms with Crippen LogP contribution in [0.15, 0.2) is 70.2 Å². The first kappa shape index (κ1) is 17.4. The molecule has 2 aromatic carbocycles. The molecule has 0 atom stereocenters. The molecule has 0 aliphatic heterocycles. The summed E-state index contributed by atoms with van der Waals surface area (Å²) < 4.78 is 14.4. The van der Waals surface area contributed by atoms with Gasteiger partial charge in [-0.15, -0.1) is 0 Å². The summed E-state index contributed by atoms with van der Waals surface area (Å²) in [5.41, 5.74) is 14.4. The Morgan fingerprint density at radius 2 is 1.11 bits per heavy atom. The van der Waals surface area contributed by atoms with E-state index in [1.807, 2.05) is 12.1 Å². The third-order valence-corrected chi connectivity index (χ3v) is 11.8. The third kappa shape index (κ3) is 3.12. The van der Waals surface area contributed by atoms with Gasteiger partial charge in [-0.3, -0.25) is 0 Å². The zero-order valence-electron chi connectivity index (χ0n) is 14.2. The van der Waals surface area contributed by atoms with Crippen molar-refractivity contribution in [1.82, 2.24) is 0 Å². The van der Waals surface area contributed by atoms with Gasteiger partial charge in [-0.25, -0.2) is 0 Å². The van der Waals surface area contributed by atoms with Crippen LogP contribution in [-0.4, -0.2) is 0 Å². The number of aromatic nitrogens is 2. The van der Waals surface area contributed by atoms with Gasteiger partial charge in [-0.2, -0.15) is 0 Å². The number of nitrogens with zero attached hydrogens (tertiary/aromatic N) is 2. The summed E-state index contributed by atoms with van der Waals surface area (Å²) in [5.74, 6) is -0.929. The Hall–Kier alpha value is -3.00. The molecule has 4 N–H and O–H groups in total. The molecule has 0 aliphatic carbocycles. The van der Waals surface area contributed by atoms with E-state index in [0.717, 1.165) is 0 Å². The molecule has 0 radical (unpaired) electrons. The fourth-order valence-electron chi connectivity index (χ4n) is 2.95. The second-order valence-corrected chi connectivity index (χ2v) is 12.5. The van der Waals surface area contributed by atoms with E-state index in [0.29, 0.717) is 29.2 Å². The fraction of sp³-hybridized carbons (Fsp3) is 0. The molecule has 0 fully saturated rings. The van der Waals surface area contributed by atoms with Gasteiger partial charge in [0.05, 0.1) is 0 Å². The molecule has 4 rings (SSSR count). The van der Waals surface area contributed by atoms with E-state index >= 15 is 0 Å². The molecule has 0 saturated heterocycles. The molecule has 0 saturated carbocycles. The molecule has 0 unspecified atom stereocenters. The zero-order chi connectivity index (χ0) is 19.0. The number of hydrogen-bond acceptors (Lipinski definition) is 6. The van der Waals surface area contributed by atoms with Gasteiger partial charge in [0.25, 0.3) is 0 Å². The summed E-state index contributed by atoms with van der Waals surface area (Å²) in [7, 11) is 0. The monoisotopic (exact) mass is 552 g/mol. The Morgan fingerprint density at radius 3 is 1.52 bits per heavy atom. The molecule has 2 heterocycles. The maximum absolute atomic E-state index is 12.3. The number of nitrogens with two attached hydrogens (primary N) is 2. The second-order valence-electron chi connectivity index (χ2n) is 5.95. The summed E-state index contributed by atoms with van der Waals surface area (Å²) in [6, 6.07) is 14.3. The van der Waals surface area contributed by atoms with Gasteiger partial charge in [-0.1, -0.05) is 0 Å². The van der Waals surface area contributed by atoms with Crippen LogP contribution in [-0.2, 0) is 24.6 Å². The fourth-order valence-corrected chi connectivity index (χ4v) is 9.18. The van der Waals surface area contributed by atoms with Gasteiger partial charge in [0.1, 0.15) is 0 Å². The summed E-state index contributed by atoms with van der Waals surface area (Å²) in [6.45, 7) is 0. The summed E-state index contributed by atoms with van der Waals surface area (Å²) >= 11 is -2.52. The molecule has 4 aromatic rings. The molecular formula is C18H14HgN4O4. The third-order valence-electron chi connectivity index (χ3n) is 4.31. The van der Waals surface area contributed by atoms with Crippen molar-refractivity contribution in [2.45, 2.75) is 0 Å². The standard InChI is InChI=1S/2C9H8N2O2.Hg/c2*10-7-3-1-2-4-8(7)11-5-9(12)13-6-11;/h2*1-4,6,12H,10H2;/q2*+1;/p-2. The predicted octanol–water partition coefficient (Wildman–Crippen LogP) is -1.23. The van der Waals surface area contributed by atoms with E-state index in [1.54, 1.807) is 45.5 Å². The minimum absolute atomic E-state index is 0.465. The maximum atomic E-state index is 12.3. The van der Waals surface area contributed by atoms with E-state index in [4.69, 9.17) is 20.3 Å². The van der Waals surface area contributed by atoms with Gasteiger partial charge >= 0.3 is 167 Å². The van der Waals surface area contributed by atoms with Crippen LogP contribution in [0.5, 0.6) is 11.9 Å². The van der Waals surface area contributed by atoms with E-state index < -0.39 is 36.5 Å². The van der Waals surface area contributed by atoms with E-state index in [2.05, 4.69) is 0 Å². The average molecular weight is 551 g/mol. The van der Waals surface area contributed by atoms with Crippen LogP contribution in [0, 0.1) is 0 Å². The summed E-state index contributed by atoms with van der Waals surface area (Å²) in [5, 5.41) is 24.7. The predicted molar refractivity (Wildman–Crippen MR) is 87.5 cm³/mol. The van der Waals surface area contributed by atoms with Crippen LogP contribution in [0.3, 0.4) is 0 Å². The van der Waals surface area contributed by atoms with Crippen molar-refractivity contribution in [2.75, 3.05) is 11.5 Å². The molecule has 132 valence electrons. The normalized spacial score (nSPS) is 10.7. The van der Waals surface area contributed by atoms with Gasteiger partial charge in [0.15, 0.2) is 0 Å². The minimum atomic E-state index is -2.52. The number of nitrogen functional groups attached to an aromatic ring is 2. The Kier molecular flexibility index (Phi) is 4.48. The number of anilines is 2. The van der Waals surface area contributed by atoms with Crippen molar-refractivity contribution in [3.8, 4) is 23.3 Å². The van der Waals surface area contributed by atoms with Gasteiger partial charge in [-0.05, 0) is 0 Å². The van der Waals surface area contributed by atoms with Crippen molar-refractivity contribution >= 4 is 17.8 Å². The number of hydrogen-bond donors (Lipinski definition) is 2. The van der Waals surface area contributed by atoms with Crippen LogP contribution in [0.25, 0.3) is 11.4 Å². The molecule has 2 aromatic heterocycles. The van der Waals surface area contributed by atoms with E-state index in [-0.39, 0.29) is 0 Å². The van der Waals surface area contributed by atoms with Crippen molar-refractivity contribution in [3.63, 3.8) is 0 Å². The first-order valence-corrected chi connectivity index (χ1v) is 13.6. The Bertz CT molecular complexity index is 1030. The van der Waals surface area contributed by atoms with Crippen LogP contribution >= 0.6 is 0 Å². The molecular weight excluding hydrogens is 537 g/mol. The van der Waals surface area contributed by atoms with Crippen LogP contribution in [0.4, 0.5) is 11.4 Å². The number of benzene rings is 2. The van der Waals surface area contributed by atoms with E-state index in [1.165, 1.54) is 12.8 Å². The van der Waals surface area contributed by atoms with Gasteiger partial charge in [0.2, 0.25) is 0 Å². The zero-order valence-corrected chi connectivity index (χ0v) is 19.7. The quantitative estimate of drug-likeness (QED) is 0.186. The van der Waals surface area contributed by atoms with Gasteiger partial charge < -0.3 is 0 Å². The molecule has 0 spiro atoms. The van der Waals surface area contributed by atoms with Crippen molar-refractivity contribution < 1.29 is 52.8 Å². The molecule has 27 heavy (non-hydrogen) atoms. The molecule has 0 aliphatic rings. The summed E-state index contributed by atoms with van der Waals surface area (Å²) in [4.78, 5) is 0. The first-order chi connectivity index (χ1) is 13.1. The topological polar surface area (TPSA) is 132 Å². The Morgan fingerprint density at radius 1 is 0.704 bits per heavy atom. The Labute approximate surface area is 166 Å². The average Bonchev–Trinajstić information content (AvgIpc) is 3.20. The Balaban J connectivity index is 1.82. The number of oxazole rings is 2. The van der Waals surface area contributed by atoms with Crippen molar-refractivity contribution in [2.24, 2.45) is 0 Å². The van der Waals surface area contributed by atoms with Crippen LogP contribution in [0.1, 0.15) is 0 Å². The molecule has 8 nitrogen and oxygen atoms in total. The number of para-hydroxylation sites is 4. The second kappa shape index (κ2) is 6.95. The van der Waals surface area contributed by atoms with Crippen LogP contribution < -0.4 is 37.2 Å². The van der Waals surface area contributed by atoms with Crippen LogP contribution in [0.2, 0.25) is 0 Å². The first-order valence-electron chi connectivity index (χ1n) is 8.14. The summed E-state index contributed by atoms with van der Waals surface area (Å²) in [6.07, 6.45) is 2.66. The molecule has 9 heteroatoms. The van der Waals surface area contributed by atoms with Crippen molar-refractivity contribution in [3.05, 3.63) is 61.3 Å². The van der Waals surface area contributed by atoms with Crippen molar-refractivity contribution in [1.29, 1.82) is 0 Å².